The van der Waals surface area contributed by atoms with Crippen LogP contribution in [0.2, 0.25) is 5.02 Å². The predicted molar refractivity (Wildman–Crippen MR) is 80.4 cm³/mol. The predicted octanol–water partition coefficient (Wildman–Crippen LogP) is 4.98. The second-order valence-corrected chi connectivity index (χ2v) is 5.77. The number of benzene rings is 1. The summed E-state index contributed by atoms with van der Waals surface area (Å²) in [6.45, 7) is 2.23. The molecular formula is C16H21ClN2. The number of nitrogens with one attached hydrogen (secondary N) is 1. The second-order valence-electron chi connectivity index (χ2n) is 5.36. The van der Waals surface area contributed by atoms with E-state index in [4.69, 9.17) is 16.9 Å². The van der Waals surface area contributed by atoms with E-state index in [1.165, 1.54) is 32.1 Å². The Morgan fingerprint density at radius 1 is 1.37 bits per heavy atom. The molecule has 0 spiro atoms. The lowest BCUT2D eigenvalue weighted by Crippen LogP contribution is -2.30. The monoisotopic (exact) mass is 276 g/mol. The molecule has 0 radical (unpaired) electrons. The minimum absolute atomic E-state index is 0.518. The zero-order valence-corrected chi connectivity index (χ0v) is 12.2. The molecule has 0 bridgehead atoms. The van der Waals surface area contributed by atoms with Crippen LogP contribution in [0.1, 0.15) is 51.0 Å². The average molecular weight is 277 g/mol. The minimum Gasteiger partial charge on any atom is -0.382 e. The first-order valence-electron chi connectivity index (χ1n) is 7.20. The summed E-state index contributed by atoms with van der Waals surface area (Å²) in [7, 11) is 0. The third-order valence-electron chi connectivity index (χ3n) is 4.10. The molecule has 0 amide bonds. The average Bonchev–Trinajstić information content (AvgIpc) is 2.46. The van der Waals surface area contributed by atoms with Crippen molar-refractivity contribution in [2.24, 2.45) is 5.92 Å². The van der Waals surface area contributed by atoms with Gasteiger partial charge in [0.25, 0.3) is 0 Å². The molecule has 1 fully saturated rings. The Labute approximate surface area is 120 Å². The maximum absolute atomic E-state index is 8.89. The fraction of sp³-hybridized carbons (Fsp3) is 0.562. The van der Waals surface area contributed by atoms with Gasteiger partial charge in [-0.1, -0.05) is 37.8 Å². The number of rotatable bonds is 4. The van der Waals surface area contributed by atoms with Crippen LogP contribution in [0.25, 0.3) is 0 Å². The van der Waals surface area contributed by atoms with Gasteiger partial charge in [0.05, 0.1) is 10.6 Å². The minimum atomic E-state index is 0.518. The highest BCUT2D eigenvalue weighted by Gasteiger charge is 2.22. The molecule has 1 aliphatic rings. The summed E-state index contributed by atoms with van der Waals surface area (Å²) >= 11 is 6.08. The second kappa shape index (κ2) is 6.82. The summed E-state index contributed by atoms with van der Waals surface area (Å²) in [5.74, 6) is 0.771. The van der Waals surface area contributed by atoms with Crippen LogP contribution in [0.3, 0.4) is 0 Å². The Bertz CT molecular complexity index is 458. The molecule has 2 rings (SSSR count). The summed E-state index contributed by atoms with van der Waals surface area (Å²) in [5.41, 5.74) is 1.57. The molecule has 1 saturated carbocycles. The van der Waals surface area contributed by atoms with Crippen molar-refractivity contribution in [3.63, 3.8) is 0 Å². The van der Waals surface area contributed by atoms with Crippen molar-refractivity contribution >= 4 is 17.3 Å². The normalized spacial score (nSPS) is 17.7. The Morgan fingerprint density at radius 2 is 2.11 bits per heavy atom. The first-order chi connectivity index (χ1) is 9.24. The fourth-order valence-corrected chi connectivity index (χ4v) is 3.22. The quantitative estimate of drug-likeness (QED) is 0.841. The van der Waals surface area contributed by atoms with E-state index in [0.29, 0.717) is 16.6 Å². The molecule has 0 heterocycles. The largest absolute Gasteiger partial charge is 0.382 e. The molecule has 2 nitrogen and oxygen atoms in total. The molecule has 19 heavy (non-hydrogen) atoms. The standard InChI is InChI=1S/C16H21ClN2/c1-2-16(12-6-4-3-5-7-12)19-14-9-8-13(11-18)15(17)10-14/h8-10,12,16,19H,2-7H2,1H3. The molecule has 102 valence electrons. The van der Waals surface area contributed by atoms with E-state index in [2.05, 4.69) is 18.3 Å². The summed E-state index contributed by atoms with van der Waals surface area (Å²) in [6, 6.07) is 8.22. The molecule has 1 atom stereocenters. The van der Waals surface area contributed by atoms with Crippen LogP contribution in [0.4, 0.5) is 5.69 Å². The third kappa shape index (κ3) is 3.64. The first-order valence-corrected chi connectivity index (χ1v) is 7.58. The van der Waals surface area contributed by atoms with Gasteiger partial charge in [-0.05, 0) is 43.4 Å². The maximum atomic E-state index is 8.89. The van der Waals surface area contributed by atoms with Crippen molar-refractivity contribution in [2.75, 3.05) is 5.32 Å². The molecule has 1 aliphatic carbocycles. The van der Waals surface area contributed by atoms with Gasteiger partial charge in [0.1, 0.15) is 6.07 Å². The van der Waals surface area contributed by atoms with Crippen LogP contribution in [-0.2, 0) is 0 Å². The fourth-order valence-electron chi connectivity index (χ4n) is 3.00. The highest BCUT2D eigenvalue weighted by Crippen LogP contribution is 2.30. The Hall–Kier alpha value is -1.20. The van der Waals surface area contributed by atoms with E-state index in [9.17, 15) is 0 Å². The van der Waals surface area contributed by atoms with E-state index in [0.717, 1.165) is 18.0 Å². The Kier molecular flexibility index (Phi) is 5.10. The number of nitrogens with zero attached hydrogens (tertiary/aromatic N) is 1. The SMILES string of the molecule is CCC(Nc1ccc(C#N)c(Cl)c1)C1CCCCC1. The molecular weight excluding hydrogens is 256 g/mol. The summed E-state index contributed by atoms with van der Waals surface area (Å²) in [4.78, 5) is 0. The van der Waals surface area contributed by atoms with Gasteiger partial charge in [0.2, 0.25) is 0 Å². The van der Waals surface area contributed by atoms with Gasteiger partial charge < -0.3 is 5.32 Å². The summed E-state index contributed by atoms with van der Waals surface area (Å²) in [6.07, 6.45) is 7.89. The van der Waals surface area contributed by atoms with Crippen LogP contribution in [0.5, 0.6) is 0 Å². The highest BCUT2D eigenvalue weighted by atomic mass is 35.5. The highest BCUT2D eigenvalue weighted by molar-refractivity contribution is 6.32. The van der Waals surface area contributed by atoms with Crippen LogP contribution in [0, 0.1) is 17.2 Å². The van der Waals surface area contributed by atoms with Gasteiger partial charge in [0.15, 0.2) is 0 Å². The van der Waals surface area contributed by atoms with Crippen molar-refractivity contribution in [2.45, 2.75) is 51.5 Å². The van der Waals surface area contributed by atoms with Crippen LogP contribution >= 0.6 is 11.6 Å². The number of nitriles is 1. The zero-order chi connectivity index (χ0) is 13.7. The summed E-state index contributed by atoms with van der Waals surface area (Å²) < 4.78 is 0. The number of anilines is 1. The van der Waals surface area contributed by atoms with Crippen LogP contribution < -0.4 is 5.32 Å². The van der Waals surface area contributed by atoms with E-state index >= 15 is 0 Å². The number of halogens is 1. The zero-order valence-electron chi connectivity index (χ0n) is 11.5. The topological polar surface area (TPSA) is 35.8 Å². The molecule has 1 N–H and O–H groups in total. The molecule has 0 aromatic heterocycles. The van der Waals surface area contributed by atoms with E-state index < -0.39 is 0 Å². The third-order valence-corrected chi connectivity index (χ3v) is 4.41. The van der Waals surface area contributed by atoms with Gasteiger partial charge in [-0.25, -0.2) is 0 Å². The molecule has 1 unspecified atom stereocenters. The number of hydrogen-bond acceptors (Lipinski definition) is 2. The molecule has 0 aliphatic heterocycles. The van der Waals surface area contributed by atoms with Gasteiger partial charge in [0, 0.05) is 11.7 Å². The first kappa shape index (κ1) is 14.2. The van der Waals surface area contributed by atoms with Crippen molar-refractivity contribution in [1.82, 2.24) is 0 Å². The van der Waals surface area contributed by atoms with Crippen LogP contribution in [-0.4, -0.2) is 6.04 Å². The van der Waals surface area contributed by atoms with Gasteiger partial charge in [-0.3, -0.25) is 0 Å². The number of hydrogen-bond donors (Lipinski definition) is 1. The van der Waals surface area contributed by atoms with E-state index in [1.807, 2.05) is 12.1 Å². The van der Waals surface area contributed by atoms with Gasteiger partial charge >= 0.3 is 0 Å². The van der Waals surface area contributed by atoms with Crippen molar-refractivity contribution in [1.29, 1.82) is 5.26 Å². The van der Waals surface area contributed by atoms with Crippen LogP contribution in [0.15, 0.2) is 18.2 Å². The molecule has 1 aromatic carbocycles. The van der Waals surface area contributed by atoms with E-state index in [-0.39, 0.29) is 0 Å². The molecule has 0 saturated heterocycles. The molecule has 1 aromatic rings. The lowest BCUT2D eigenvalue weighted by atomic mass is 9.83. The Morgan fingerprint density at radius 3 is 2.68 bits per heavy atom. The summed E-state index contributed by atoms with van der Waals surface area (Å²) in [5, 5.41) is 13.0. The van der Waals surface area contributed by atoms with Crippen molar-refractivity contribution < 1.29 is 0 Å². The van der Waals surface area contributed by atoms with Crippen molar-refractivity contribution in [3.8, 4) is 6.07 Å². The lowest BCUT2D eigenvalue weighted by Gasteiger charge is -2.31. The maximum Gasteiger partial charge on any atom is 0.101 e. The molecule has 3 heteroatoms. The van der Waals surface area contributed by atoms with Gasteiger partial charge in [-0.15, -0.1) is 0 Å². The van der Waals surface area contributed by atoms with Crippen molar-refractivity contribution in [3.05, 3.63) is 28.8 Å². The Balaban J connectivity index is 2.05. The van der Waals surface area contributed by atoms with E-state index in [1.54, 1.807) is 6.07 Å². The lowest BCUT2D eigenvalue weighted by molar-refractivity contribution is 0.313. The van der Waals surface area contributed by atoms with Gasteiger partial charge in [-0.2, -0.15) is 5.26 Å². The smallest absolute Gasteiger partial charge is 0.101 e.